The van der Waals surface area contributed by atoms with E-state index >= 15 is 0 Å². The van der Waals surface area contributed by atoms with Crippen molar-refractivity contribution < 1.29 is 15.0 Å². The number of amides is 2. The van der Waals surface area contributed by atoms with Crippen LogP contribution in [0.25, 0.3) is 0 Å². The van der Waals surface area contributed by atoms with Gasteiger partial charge in [0.1, 0.15) is 0 Å². The predicted molar refractivity (Wildman–Crippen MR) is 78.8 cm³/mol. The molecule has 1 aliphatic carbocycles. The number of carbonyl (C=O) groups is 1. The molecule has 1 heterocycles. The lowest BCUT2D eigenvalue weighted by Gasteiger charge is -2.34. The van der Waals surface area contributed by atoms with Crippen molar-refractivity contribution in [1.82, 2.24) is 10.2 Å². The third-order valence-electron chi connectivity index (χ3n) is 4.59. The molecule has 1 aromatic rings. The van der Waals surface area contributed by atoms with Crippen molar-refractivity contribution in [1.29, 1.82) is 0 Å². The van der Waals surface area contributed by atoms with Gasteiger partial charge in [0.2, 0.25) is 0 Å². The van der Waals surface area contributed by atoms with Crippen molar-refractivity contribution in [3.8, 4) is 0 Å². The zero-order valence-corrected chi connectivity index (χ0v) is 12.2. The number of piperidine rings is 1. The Bertz CT molecular complexity index is 542. The van der Waals surface area contributed by atoms with Crippen LogP contribution in [-0.2, 0) is 5.54 Å². The van der Waals surface area contributed by atoms with E-state index in [1.54, 1.807) is 4.90 Å². The van der Waals surface area contributed by atoms with Crippen molar-refractivity contribution in [2.75, 3.05) is 13.1 Å². The largest absolute Gasteiger partial charge is 0.390 e. The number of carbonyl (C=O) groups excluding carboxylic acids is 1. The maximum Gasteiger partial charge on any atom is 0.318 e. The number of β-amino-alcohol motifs (C(OH)–C–C–N with tert-alkyl or cyclic N) is 1. The van der Waals surface area contributed by atoms with Crippen LogP contribution in [0.15, 0.2) is 24.3 Å². The lowest BCUT2D eigenvalue weighted by atomic mass is 9.99. The number of benzene rings is 1. The summed E-state index contributed by atoms with van der Waals surface area (Å²) >= 11 is 0. The molecule has 0 unspecified atom stereocenters. The van der Waals surface area contributed by atoms with Crippen molar-refractivity contribution in [3.63, 3.8) is 0 Å². The van der Waals surface area contributed by atoms with E-state index in [0.29, 0.717) is 13.0 Å². The zero-order chi connectivity index (χ0) is 15.0. The number of aliphatic hydroxyl groups excluding tert-OH is 2. The summed E-state index contributed by atoms with van der Waals surface area (Å²) < 4.78 is 0. The van der Waals surface area contributed by atoms with Crippen molar-refractivity contribution in [3.05, 3.63) is 35.4 Å². The second-order valence-corrected chi connectivity index (χ2v) is 6.20. The molecule has 1 aliphatic heterocycles. The zero-order valence-electron chi connectivity index (χ0n) is 12.2. The monoisotopic (exact) mass is 290 g/mol. The Morgan fingerprint density at radius 3 is 2.62 bits per heavy atom. The minimum atomic E-state index is -0.849. The second kappa shape index (κ2) is 5.31. The first-order valence-corrected chi connectivity index (χ1v) is 7.51. The Balaban J connectivity index is 1.69. The topological polar surface area (TPSA) is 72.8 Å². The fourth-order valence-electron chi connectivity index (χ4n) is 3.08. The van der Waals surface area contributed by atoms with Gasteiger partial charge >= 0.3 is 6.03 Å². The molecule has 5 nitrogen and oxygen atoms in total. The Morgan fingerprint density at radius 1 is 1.29 bits per heavy atom. The molecular formula is C16H22N2O3. The third kappa shape index (κ3) is 2.76. The van der Waals surface area contributed by atoms with Crippen molar-refractivity contribution in [2.24, 2.45) is 0 Å². The Hall–Kier alpha value is -1.59. The number of hydrogen-bond donors (Lipinski definition) is 3. The lowest BCUT2D eigenvalue weighted by Crippen LogP contribution is -2.53. The van der Waals surface area contributed by atoms with Gasteiger partial charge in [-0.05, 0) is 37.3 Å². The first kappa shape index (κ1) is 14.4. The molecule has 114 valence electrons. The standard InChI is InChI=1S/C16H22N2O3/c1-11-4-2-3-5-12(11)16(7-8-16)17-15(21)18-9-6-13(19)14(20)10-18/h2-5,13-14,19-20H,6-10H2,1H3,(H,17,21)/t13-,14+/m0/s1. The van der Waals surface area contributed by atoms with Gasteiger partial charge in [-0.15, -0.1) is 0 Å². The number of nitrogens with one attached hydrogen (secondary N) is 1. The number of urea groups is 1. The molecular weight excluding hydrogens is 268 g/mol. The maximum absolute atomic E-state index is 12.4. The van der Waals surface area contributed by atoms with Gasteiger partial charge in [0.05, 0.1) is 24.3 Å². The summed E-state index contributed by atoms with van der Waals surface area (Å²) in [6.07, 6.45) is 0.746. The van der Waals surface area contributed by atoms with Gasteiger partial charge in [-0.25, -0.2) is 4.79 Å². The Morgan fingerprint density at radius 2 is 2.00 bits per heavy atom. The molecule has 2 aliphatic rings. The van der Waals surface area contributed by atoms with E-state index in [0.717, 1.165) is 12.8 Å². The van der Waals surface area contributed by atoms with Gasteiger partial charge in [-0.2, -0.15) is 0 Å². The number of aryl methyl sites for hydroxylation is 1. The minimum absolute atomic E-state index is 0.151. The molecule has 0 spiro atoms. The third-order valence-corrected chi connectivity index (χ3v) is 4.59. The van der Waals surface area contributed by atoms with Gasteiger partial charge in [0, 0.05) is 6.54 Å². The molecule has 1 saturated carbocycles. The van der Waals surface area contributed by atoms with Gasteiger partial charge in [-0.3, -0.25) is 0 Å². The van der Waals surface area contributed by atoms with E-state index in [2.05, 4.69) is 24.4 Å². The van der Waals surface area contributed by atoms with E-state index < -0.39 is 12.2 Å². The fraction of sp³-hybridized carbons (Fsp3) is 0.562. The molecule has 3 N–H and O–H groups in total. The van der Waals surface area contributed by atoms with Crippen LogP contribution >= 0.6 is 0 Å². The molecule has 0 bridgehead atoms. The molecule has 2 amide bonds. The predicted octanol–water partition coefficient (Wildman–Crippen LogP) is 1.12. The van der Waals surface area contributed by atoms with Crippen molar-refractivity contribution in [2.45, 2.75) is 43.9 Å². The van der Waals surface area contributed by atoms with Crippen LogP contribution in [0.5, 0.6) is 0 Å². The van der Waals surface area contributed by atoms with Gasteiger partial charge < -0.3 is 20.4 Å². The van der Waals surface area contributed by atoms with Crippen molar-refractivity contribution >= 4 is 6.03 Å². The fourth-order valence-corrected chi connectivity index (χ4v) is 3.08. The van der Waals surface area contributed by atoms with Crippen LogP contribution in [0.3, 0.4) is 0 Å². The van der Waals surface area contributed by atoms with E-state index in [1.807, 2.05) is 12.1 Å². The van der Waals surface area contributed by atoms with E-state index in [-0.39, 0.29) is 18.1 Å². The van der Waals surface area contributed by atoms with E-state index in [4.69, 9.17) is 0 Å². The van der Waals surface area contributed by atoms with Crippen LogP contribution in [-0.4, -0.2) is 46.4 Å². The molecule has 3 rings (SSSR count). The summed E-state index contributed by atoms with van der Waals surface area (Å²) in [6, 6.07) is 7.97. The van der Waals surface area contributed by atoms with E-state index in [9.17, 15) is 15.0 Å². The smallest absolute Gasteiger partial charge is 0.318 e. The van der Waals surface area contributed by atoms with Crippen LogP contribution < -0.4 is 5.32 Å². The highest BCUT2D eigenvalue weighted by Crippen LogP contribution is 2.46. The normalized spacial score (nSPS) is 27.3. The maximum atomic E-state index is 12.4. The van der Waals surface area contributed by atoms with Gasteiger partial charge in [-0.1, -0.05) is 24.3 Å². The number of hydrogen-bond acceptors (Lipinski definition) is 3. The highest BCUT2D eigenvalue weighted by molar-refractivity contribution is 5.76. The summed E-state index contributed by atoms with van der Waals surface area (Å²) in [5.41, 5.74) is 2.11. The summed E-state index contributed by atoms with van der Waals surface area (Å²) in [4.78, 5) is 14.0. The summed E-state index contributed by atoms with van der Waals surface area (Å²) in [6.45, 7) is 2.73. The molecule has 5 heteroatoms. The Kier molecular flexibility index (Phi) is 3.63. The first-order valence-electron chi connectivity index (χ1n) is 7.51. The number of aliphatic hydroxyl groups is 2. The molecule has 0 radical (unpaired) electrons. The highest BCUT2D eigenvalue weighted by atomic mass is 16.3. The van der Waals surface area contributed by atoms with Crippen LogP contribution in [0.2, 0.25) is 0 Å². The Labute approximate surface area is 124 Å². The minimum Gasteiger partial charge on any atom is -0.390 e. The summed E-state index contributed by atoms with van der Waals surface area (Å²) in [5.74, 6) is 0. The molecule has 1 aromatic carbocycles. The molecule has 2 fully saturated rings. The number of nitrogens with zero attached hydrogens (tertiary/aromatic N) is 1. The average molecular weight is 290 g/mol. The van der Waals surface area contributed by atoms with E-state index in [1.165, 1.54) is 11.1 Å². The van der Waals surface area contributed by atoms with Gasteiger partial charge in [0.25, 0.3) is 0 Å². The van der Waals surface area contributed by atoms with Crippen LogP contribution in [0, 0.1) is 6.92 Å². The summed E-state index contributed by atoms with van der Waals surface area (Å²) in [7, 11) is 0. The molecule has 2 atom stereocenters. The molecule has 21 heavy (non-hydrogen) atoms. The average Bonchev–Trinajstić information content (AvgIpc) is 3.23. The quantitative estimate of drug-likeness (QED) is 0.764. The molecule has 0 aromatic heterocycles. The number of rotatable bonds is 2. The summed E-state index contributed by atoms with van der Waals surface area (Å²) in [5, 5.41) is 22.4. The number of likely N-dealkylation sites (tertiary alicyclic amines) is 1. The van der Waals surface area contributed by atoms with Gasteiger partial charge in [0.15, 0.2) is 0 Å². The lowest BCUT2D eigenvalue weighted by molar-refractivity contribution is -0.0279. The van der Waals surface area contributed by atoms with Crippen LogP contribution in [0.1, 0.15) is 30.4 Å². The second-order valence-electron chi connectivity index (χ2n) is 6.20. The molecule has 1 saturated heterocycles. The van der Waals surface area contributed by atoms with Crippen LogP contribution in [0.4, 0.5) is 4.79 Å². The SMILES string of the molecule is Cc1ccccc1C1(NC(=O)N2CC[C@H](O)[C@H](O)C2)CC1. The first-order chi connectivity index (χ1) is 10.0. The highest BCUT2D eigenvalue weighted by Gasteiger charge is 2.47.